The third-order valence-electron chi connectivity index (χ3n) is 3.82. The van der Waals surface area contributed by atoms with Crippen LogP contribution in [-0.2, 0) is 20.0 Å². The van der Waals surface area contributed by atoms with Gasteiger partial charge in [0.25, 0.3) is 10.0 Å². The number of hydrogen-bond acceptors (Lipinski definition) is 5. The van der Waals surface area contributed by atoms with Gasteiger partial charge in [0.1, 0.15) is 10.6 Å². The van der Waals surface area contributed by atoms with E-state index < -0.39 is 20.0 Å². The minimum atomic E-state index is -3.99. The Morgan fingerprint density at radius 1 is 1.00 bits per heavy atom. The standard InChI is InChI=1S/C16H20N2O5S2/c1-10-5-6-15(23-4)16(7-10)25(21,22)18-14-9-13(24(17,19)20)8-11(2)12(14)3/h5-9,18H,1-4H3,(H2,17,19,20). The average Bonchev–Trinajstić information content (AvgIpc) is 2.50. The first-order valence-electron chi connectivity index (χ1n) is 7.27. The maximum absolute atomic E-state index is 12.8. The number of sulfonamides is 2. The first-order chi connectivity index (χ1) is 11.5. The second kappa shape index (κ2) is 6.66. The lowest BCUT2D eigenvalue weighted by Gasteiger charge is -2.16. The van der Waals surface area contributed by atoms with Crippen molar-refractivity contribution in [2.45, 2.75) is 30.6 Å². The lowest BCUT2D eigenvalue weighted by Crippen LogP contribution is -2.17. The molecule has 7 nitrogen and oxygen atoms in total. The van der Waals surface area contributed by atoms with Gasteiger partial charge >= 0.3 is 0 Å². The van der Waals surface area contributed by atoms with E-state index in [2.05, 4.69) is 4.72 Å². The Balaban J connectivity index is 2.59. The lowest BCUT2D eigenvalue weighted by molar-refractivity contribution is 0.402. The van der Waals surface area contributed by atoms with Gasteiger partial charge < -0.3 is 4.74 Å². The highest BCUT2D eigenvalue weighted by Gasteiger charge is 2.22. The topological polar surface area (TPSA) is 116 Å². The highest BCUT2D eigenvalue weighted by Crippen LogP contribution is 2.30. The van der Waals surface area contributed by atoms with E-state index in [-0.39, 0.29) is 21.2 Å². The molecule has 0 aliphatic heterocycles. The molecule has 0 saturated carbocycles. The fourth-order valence-electron chi connectivity index (χ4n) is 2.29. The minimum Gasteiger partial charge on any atom is -0.495 e. The molecule has 0 unspecified atom stereocenters. The molecule has 0 saturated heterocycles. The fourth-order valence-corrected chi connectivity index (χ4v) is 4.28. The molecule has 0 atom stereocenters. The van der Waals surface area contributed by atoms with Crippen LogP contribution in [0.5, 0.6) is 5.75 Å². The molecule has 3 N–H and O–H groups in total. The van der Waals surface area contributed by atoms with E-state index in [0.29, 0.717) is 11.1 Å². The van der Waals surface area contributed by atoms with Crippen molar-refractivity contribution in [1.29, 1.82) is 0 Å². The second-order valence-corrected chi connectivity index (χ2v) is 8.93. The van der Waals surface area contributed by atoms with Gasteiger partial charge in [-0.3, -0.25) is 4.72 Å². The van der Waals surface area contributed by atoms with Gasteiger partial charge in [-0.2, -0.15) is 0 Å². The summed E-state index contributed by atoms with van der Waals surface area (Å²) in [5.74, 6) is 0.190. The molecule has 25 heavy (non-hydrogen) atoms. The normalized spacial score (nSPS) is 12.0. The summed E-state index contributed by atoms with van der Waals surface area (Å²) in [5, 5.41) is 5.16. The van der Waals surface area contributed by atoms with Crippen molar-refractivity contribution >= 4 is 25.7 Å². The molecule has 0 fully saturated rings. The van der Waals surface area contributed by atoms with Crippen molar-refractivity contribution < 1.29 is 21.6 Å². The number of anilines is 1. The molecule has 2 rings (SSSR count). The van der Waals surface area contributed by atoms with Crippen molar-refractivity contribution in [1.82, 2.24) is 0 Å². The zero-order chi connectivity index (χ0) is 19.0. The molecule has 0 aromatic heterocycles. The average molecular weight is 384 g/mol. The highest BCUT2D eigenvalue weighted by atomic mass is 32.2. The molecule has 0 radical (unpaired) electrons. The second-order valence-electron chi connectivity index (χ2n) is 5.72. The summed E-state index contributed by atoms with van der Waals surface area (Å²) in [7, 11) is -6.58. The number of nitrogens with two attached hydrogens (primary N) is 1. The smallest absolute Gasteiger partial charge is 0.265 e. The molecule has 0 aliphatic carbocycles. The largest absolute Gasteiger partial charge is 0.495 e. The Bertz CT molecular complexity index is 1030. The monoisotopic (exact) mass is 384 g/mol. The van der Waals surface area contributed by atoms with Crippen molar-refractivity contribution in [3.05, 3.63) is 47.0 Å². The zero-order valence-corrected chi connectivity index (χ0v) is 16.0. The van der Waals surface area contributed by atoms with E-state index in [1.807, 2.05) is 0 Å². The van der Waals surface area contributed by atoms with Gasteiger partial charge in [0.2, 0.25) is 10.0 Å². The molecule has 0 aliphatic rings. The van der Waals surface area contributed by atoms with Gasteiger partial charge in [-0.25, -0.2) is 22.0 Å². The molecule has 2 aromatic rings. The van der Waals surface area contributed by atoms with Gasteiger partial charge in [0, 0.05) is 0 Å². The number of hydrogen-bond donors (Lipinski definition) is 2. The van der Waals surface area contributed by atoms with Crippen LogP contribution in [0.15, 0.2) is 40.1 Å². The number of nitrogens with one attached hydrogen (secondary N) is 1. The predicted molar refractivity (Wildman–Crippen MR) is 95.8 cm³/mol. The van der Waals surface area contributed by atoms with Crippen molar-refractivity contribution in [3.63, 3.8) is 0 Å². The van der Waals surface area contributed by atoms with Crippen molar-refractivity contribution in [2.24, 2.45) is 5.14 Å². The Kier molecular flexibility index (Phi) is 5.12. The number of benzene rings is 2. The predicted octanol–water partition coefficient (Wildman–Crippen LogP) is 2.07. The van der Waals surface area contributed by atoms with Gasteiger partial charge in [0.15, 0.2) is 0 Å². The summed E-state index contributed by atoms with van der Waals surface area (Å²) >= 11 is 0. The van der Waals surface area contributed by atoms with Crippen LogP contribution < -0.4 is 14.6 Å². The number of methoxy groups -OCH3 is 1. The van der Waals surface area contributed by atoms with Gasteiger partial charge in [-0.05, 0) is 61.7 Å². The molecule has 136 valence electrons. The van der Waals surface area contributed by atoms with Crippen LogP contribution in [0.25, 0.3) is 0 Å². The molecule has 0 bridgehead atoms. The lowest BCUT2D eigenvalue weighted by atomic mass is 10.1. The third kappa shape index (κ3) is 4.12. The molecule has 2 aromatic carbocycles. The molecular formula is C16H20N2O5S2. The third-order valence-corrected chi connectivity index (χ3v) is 6.10. The SMILES string of the molecule is COc1ccc(C)cc1S(=O)(=O)Nc1cc(S(N)(=O)=O)cc(C)c1C. The summed E-state index contributed by atoms with van der Waals surface area (Å²) < 4.78 is 56.3. The van der Waals surface area contributed by atoms with E-state index in [9.17, 15) is 16.8 Å². The maximum Gasteiger partial charge on any atom is 0.265 e. The summed E-state index contributed by atoms with van der Waals surface area (Å²) in [6.07, 6.45) is 0. The zero-order valence-electron chi connectivity index (χ0n) is 14.3. The number of aryl methyl sites for hydroxylation is 2. The van der Waals surface area contributed by atoms with Crippen LogP contribution in [0.4, 0.5) is 5.69 Å². The van der Waals surface area contributed by atoms with E-state index in [0.717, 1.165) is 5.56 Å². The molecule has 0 amide bonds. The highest BCUT2D eigenvalue weighted by molar-refractivity contribution is 7.92. The Labute approximate surface area is 147 Å². The van der Waals surface area contributed by atoms with Crippen LogP contribution >= 0.6 is 0 Å². The van der Waals surface area contributed by atoms with Gasteiger partial charge in [0.05, 0.1) is 17.7 Å². The van der Waals surface area contributed by atoms with E-state index in [1.165, 1.54) is 25.3 Å². The van der Waals surface area contributed by atoms with Crippen LogP contribution in [0.2, 0.25) is 0 Å². The molecule has 0 heterocycles. The number of ether oxygens (including phenoxy) is 1. The van der Waals surface area contributed by atoms with Crippen LogP contribution in [0, 0.1) is 20.8 Å². The molecular weight excluding hydrogens is 364 g/mol. The summed E-state index contributed by atoms with van der Waals surface area (Å²) in [5.41, 5.74) is 2.09. The number of rotatable bonds is 5. The van der Waals surface area contributed by atoms with Crippen LogP contribution in [0.1, 0.15) is 16.7 Å². The first kappa shape index (κ1) is 19.2. The molecule has 0 spiro atoms. The van der Waals surface area contributed by atoms with E-state index >= 15 is 0 Å². The van der Waals surface area contributed by atoms with Crippen LogP contribution in [-0.4, -0.2) is 23.9 Å². The molecule has 9 heteroatoms. The maximum atomic E-state index is 12.8. The Morgan fingerprint density at radius 3 is 2.20 bits per heavy atom. The fraction of sp³-hybridized carbons (Fsp3) is 0.250. The summed E-state index contributed by atoms with van der Waals surface area (Å²) in [6, 6.07) is 7.37. The van der Waals surface area contributed by atoms with E-state index in [1.54, 1.807) is 32.9 Å². The quantitative estimate of drug-likeness (QED) is 0.819. The van der Waals surface area contributed by atoms with Crippen molar-refractivity contribution in [2.75, 3.05) is 11.8 Å². The number of primary sulfonamides is 1. The van der Waals surface area contributed by atoms with Crippen molar-refractivity contribution in [3.8, 4) is 5.75 Å². The minimum absolute atomic E-state index is 0.0342. The van der Waals surface area contributed by atoms with E-state index in [4.69, 9.17) is 9.88 Å². The summed E-state index contributed by atoms with van der Waals surface area (Å²) in [4.78, 5) is -0.197. The first-order valence-corrected chi connectivity index (χ1v) is 10.3. The van der Waals surface area contributed by atoms with Crippen LogP contribution in [0.3, 0.4) is 0 Å². The van der Waals surface area contributed by atoms with Gasteiger partial charge in [-0.15, -0.1) is 0 Å². The Hall–Kier alpha value is -2.10. The van der Waals surface area contributed by atoms with Gasteiger partial charge in [-0.1, -0.05) is 6.07 Å². The Morgan fingerprint density at radius 2 is 1.64 bits per heavy atom. The summed E-state index contributed by atoms with van der Waals surface area (Å²) in [6.45, 7) is 5.12.